The lowest BCUT2D eigenvalue weighted by Crippen LogP contribution is -2.35. The molecule has 1 aromatic heterocycles. The van der Waals surface area contributed by atoms with Crippen LogP contribution in [0.4, 0.5) is 5.82 Å². The molecule has 0 radical (unpaired) electrons. The summed E-state index contributed by atoms with van der Waals surface area (Å²) in [6, 6.07) is 3.89. The maximum atomic E-state index is 12.4. The molecular formula is C13H17N3O. The number of pyridine rings is 1. The minimum Gasteiger partial charge on any atom is -0.384 e. The molecule has 0 saturated heterocycles. The molecule has 2 aliphatic rings. The molecule has 1 heterocycles. The van der Waals surface area contributed by atoms with Crippen molar-refractivity contribution in [1.82, 2.24) is 9.88 Å². The van der Waals surface area contributed by atoms with Gasteiger partial charge in [0.25, 0.3) is 5.91 Å². The lowest BCUT2D eigenvalue weighted by molar-refractivity contribution is 0.0734. The number of aromatic nitrogens is 1. The maximum Gasteiger partial charge on any atom is 0.254 e. The second-order valence-electron chi connectivity index (χ2n) is 5.10. The van der Waals surface area contributed by atoms with Gasteiger partial charge in [-0.05, 0) is 43.7 Å². The molecule has 3 rings (SSSR count). The second kappa shape index (κ2) is 4.02. The SMILES string of the molecule is Nc1cc(C(=O)N(CC2CC2)C2CC2)ccn1. The van der Waals surface area contributed by atoms with Gasteiger partial charge in [-0.1, -0.05) is 0 Å². The molecule has 2 fully saturated rings. The molecule has 0 aliphatic heterocycles. The van der Waals surface area contributed by atoms with Crippen LogP contribution in [0.5, 0.6) is 0 Å². The summed E-state index contributed by atoms with van der Waals surface area (Å²) >= 11 is 0. The van der Waals surface area contributed by atoms with Crippen LogP contribution >= 0.6 is 0 Å². The minimum absolute atomic E-state index is 0.119. The molecule has 0 spiro atoms. The van der Waals surface area contributed by atoms with Crippen LogP contribution in [0.15, 0.2) is 18.3 Å². The van der Waals surface area contributed by atoms with E-state index in [2.05, 4.69) is 4.98 Å². The molecule has 90 valence electrons. The second-order valence-corrected chi connectivity index (χ2v) is 5.10. The van der Waals surface area contributed by atoms with E-state index in [1.165, 1.54) is 12.8 Å². The summed E-state index contributed by atoms with van der Waals surface area (Å²) in [6.45, 7) is 0.922. The third kappa shape index (κ3) is 2.40. The van der Waals surface area contributed by atoms with Gasteiger partial charge in [0.1, 0.15) is 5.82 Å². The van der Waals surface area contributed by atoms with E-state index < -0.39 is 0 Å². The first-order valence-electron chi connectivity index (χ1n) is 6.26. The number of rotatable bonds is 4. The maximum absolute atomic E-state index is 12.4. The first-order chi connectivity index (χ1) is 8.24. The number of nitrogen functional groups attached to an aromatic ring is 1. The molecule has 4 nitrogen and oxygen atoms in total. The van der Waals surface area contributed by atoms with Crippen LogP contribution in [-0.2, 0) is 0 Å². The van der Waals surface area contributed by atoms with E-state index in [1.807, 2.05) is 4.90 Å². The van der Waals surface area contributed by atoms with E-state index in [1.54, 1.807) is 18.3 Å². The first-order valence-corrected chi connectivity index (χ1v) is 6.26. The lowest BCUT2D eigenvalue weighted by atomic mass is 10.2. The van der Waals surface area contributed by atoms with Crippen molar-refractivity contribution in [3.8, 4) is 0 Å². The third-order valence-corrected chi connectivity index (χ3v) is 3.43. The van der Waals surface area contributed by atoms with Gasteiger partial charge in [0, 0.05) is 24.3 Å². The van der Waals surface area contributed by atoms with Gasteiger partial charge in [-0.2, -0.15) is 0 Å². The van der Waals surface area contributed by atoms with Crippen LogP contribution in [0.3, 0.4) is 0 Å². The molecular weight excluding hydrogens is 214 g/mol. The van der Waals surface area contributed by atoms with E-state index in [0.717, 1.165) is 25.3 Å². The minimum atomic E-state index is 0.119. The molecule has 17 heavy (non-hydrogen) atoms. The monoisotopic (exact) mass is 231 g/mol. The summed E-state index contributed by atoms with van der Waals surface area (Å²) in [5.41, 5.74) is 6.29. The van der Waals surface area contributed by atoms with Crippen LogP contribution in [0.25, 0.3) is 0 Å². The number of anilines is 1. The molecule has 0 atom stereocenters. The summed E-state index contributed by atoms with van der Waals surface area (Å²) in [6.07, 6.45) is 6.45. The highest BCUT2D eigenvalue weighted by molar-refractivity contribution is 5.95. The Morgan fingerprint density at radius 1 is 1.41 bits per heavy atom. The number of amides is 1. The average molecular weight is 231 g/mol. The van der Waals surface area contributed by atoms with Crippen LogP contribution in [0.1, 0.15) is 36.0 Å². The van der Waals surface area contributed by atoms with Gasteiger partial charge in [0.05, 0.1) is 0 Å². The Kier molecular flexibility index (Phi) is 2.50. The fourth-order valence-corrected chi connectivity index (χ4v) is 2.11. The van der Waals surface area contributed by atoms with Gasteiger partial charge >= 0.3 is 0 Å². The smallest absolute Gasteiger partial charge is 0.254 e. The highest BCUT2D eigenvalue weighted by Gasteiger charge is 2.36. The molecule has 2 saturated carbocycles. The quantitative estimate of drug-likeness (QED) is 0.857. The largest absolute Gasteiger partial charge is 0.384 e. The van der Waals surface area contributed by atoms with Gasteiger partial charge in [-0.15, -0.1) is 0 Å². The summed E-state index contributed by atoms with van der Waals surface area (Å²) < 4.78 is 0. The zero-order valence-corrected chi connectivity index (χ0v) is 9.80. The summed E-state index contributed by atoms with van der Waals surface area (Å²) in [4.78, 5) is 18.3. The Bertz CT molecular complexity index is 438. The molecule has 4 heteroatoms. The topological polar surface area (TPSA) is 59.2 Å². The highest BCUT2D eigenvalue weighted by atomic mass is 16.2. The van der Waals surface area contributed by atoms with Crippen molar-refractivity contribution in [2.45, 2.75) is 31.7 Å². The van der Waals surface area contributed by atoms with E-state index in [9.17, 15) is 4.79 Å². The van der Waals surface area contributed by atoms with Gasteiger partial charge in [-0.25, -0.2) is 4.98 Å². The van der Waals surface area contributed by atoms with Gasteiger partial charge in [-0.3, -0.25) is 4.79 Å². The molecule has 1 amide bonds. The van der Waals surface area contributed by atoms with E-state index in [4.69, 9.17) is 5.73 Å². The fourth-order valence-electron chi connectivity index (χ4n) is 2.11. The molecule has 2 N–H and O–H groups in total. The molecule has 0 unspecified atom stereocenters. The number of nitrogens with two attached hydrogens (primary N) is 1. The molecule has 0 bridgehead atoms. The van der Waals surface area contributed by atoms with E-state index in [-0.39, 0.29) is 5.91 Å². The van der Waals surface area contributed by atoms with Crippen molar-refractivity contribution in [2.24, 2.45) is 5.92 Å². The van der Waals surface area contributed by atoms with Crippen molar-refractivity contribution >= 4 is 11.7 Å². The van der Waals surface area contributed by atoms with Gasteiger partial charge in [0.15, 0.2) is 0 Å². The number of hydrogen-bond donors (Lipinski definition) is 1. The van der Waals surface area contributed by atoms with Gasteiger partial charge < -0.3 is 10.6 Å². The predicted molar refractivity (Wildman–Crippen MR) is 65.4 cm³/mol. The zero-order valence-electron chi connectivity index (χ0n) is 9.80. The van der Waals surface area contributed by atoms with Crippen LogP contribution < -0.4 is 5.73 Å². The zero-order chi connectivity index (χ0) is 11.8. The standard InChI is InChI=1S/C13H17N3O/c14-12-7-10(5-6-15-12)13(17)16(11-3-4-11)8-9-1-2-9/h5-7,9,11H,1-4,8H2,(H2,14,15). The third-order valence-electron chi connectivity index (χ3n) is 3.43. The number of hydrogen-bond acceptors (Lipinski definition) is 3. The first kappa shape index (κ1) is 10.6. The Hall–Kier alpha value is -1.58. The van der Waals surface area contributed by atoms with Gasteiger partial charge in [0.2, 0.25) is 0 Å². The van der Waals surface area contributed by atoms with Crippen molar-refractivity contribution in [2.75, 3.05) is 12.3 Å². The van der Waals surface area contributed by atoms with Crippen molar-refractivity contribution in [3.05, 3.63) is 23.9 Å². The van der Waals surface area contributed by atoms with Crippen LogP contribution in [-0.4, -0.2) is 28.4 Å². The number of carbonyl (C=O) groups excluding carboxylic acids is 1. The molecule has 2 aliphatic carbocycles. The lowest BCUT2D eigenvalue weighted by Gasteiger charge is -2.22. The predicted octanol–water partition coefficient (Wildman–Crippen LogP) is 1.68. The van der Waals surface area contributed by atoms with Crippen molar-refractivity contribution in [3.63, 3.8) is 0 Å². The number of nitrogens with zero attached hydrogens (tertiary/aromatic N) is 2. The van der Waals surface area contributed by atoms with Crippen molar-refractivity contribution < 1.29 is 4.79 Å². The van der Waals surface area contributed by atoms with Crippen molar-refractivity contribution in [1.29, 1.82) is 0 Å². The normalized spacial score (nSPS) is 19.1. The summed E-state index contributed by atoms with van der Waals surface area (Å²) in [5.74, 6) is 1.27. The Balaban J connectivity index is 1.77. The highest BCUT2D eigenvalue weighted by Crippen LogP contribution is 2.35. The Morgan fingerprint density at radius 3 is 2.76 bits per heavy atom. The van der Waals surface area contributed by atoms with E-state index >= 15 is 0 Å². The van der Waals surface area contributed by atoms with E-state index in [0.29, 0.717) is 17.4 Å². The molecule has 0 aromatic carbocycles. The summed E-state index contributed by atoms with van der Waals surface area (Å²) in [7, 11) is 0. The fraction of sp³-hybridized carbons (Fsp3) is 0.538. The van der Waals surface area contributed by atoms with Crippen LogP contribution in [0.2, 0.25) is 0 Å². The average Bonchev–Trinajstić information content (AvgIpc) is 3.16. The molecule has 1 aromatic rings. The number of carbonyl (C=O) groups is 1. The van der Waals surface area contributed by atoms with Crippen LogP contribution in [0, 0.1) is 5.92 Å². The Labute approximate surface area is 101 Å². The summed E-state index contributed by atoms with van der Waals surface area (Å²) in [5, 5.41) is 0. The Morgan fingerprint density at radius 2 is 2.18 bits per heavy atom.